The minimum absolute atomic E-state index is 0.228. The lowest BCUT2D eigenvalue weighted by Crippen LogP contribution is -2.39. The molecule has 1 aliphatic rings. The molecule has 1 aromatic carbocycles. The van der Waals surface area contributed by atoms with Crippen molar-refractivity contribution in [3.8, 4) is 0 Å². The third-order valence-corrected chi connectivity index (χ3v) is 3.91. The minimum atomic E-state index is -0.564. The summed E-state index contributed by atoms with van der Waals surface area (Å²) in [7, 11) is 0. The van der Waals surface area contributed by atoms with Gasteiger partial charge in [-0.1, -0.05) is 12.1 Å². The molecule has 0 saturated carbocycles. The smallest absolute Gasteiger partial charge is 0.418 e. The van der Waals surface area contributed by atoms with E-state index in [-0.39, 0.29) is 17.7 Å². The quantitative estimate of drug-likeness (QED) is 0.817. The lowest BCUT2D eigenvalue weighted by atomic mass is 9.90. The monoisotopic (exact) mass is 328 g/mol. The Morgan fingerprint density at radius 3 is 2.58 bits per heavy atom. The van der Waals surface area contributed by atoms with E-state index in [0.717, 1.165) is 16.3 Å². The lowest BCUT2D eigenvalue weighted by molar-refractivity contribution is -0.134. The van der Waals surface area contributed by atoms with Crippen LogP contribution in [0.5, 0.6) is 0 Å². The van der Waals surface area contributed by atoms with Gasteiger partial charge in [0.05, 0.1) is 5.92 Å². The van der Waals surface area contributed by atoms with Gasteiger partial charge in [-0.2, -0.15) is 0 Å². The second kappa shape index (κ2) is 5.78. The Morgan fingerprint density at radius 1 is 1.21 bits per heavy atom. The maximum absolute atomic E-state index is 12.1. The first kappa shape index (κ1) is 16.2. The second-order valence-corrected chi connectivity index (χ2v) is 7.04. The number of carbonyl (C=O) groups is 3. The number of hydrogen-bond donors (Lipinski definition) is 1. The SMILES string of the molecule is CC(C)(C)OC(=O)n1cc2ccc(C3CCC(=O)NC3=O)cc2c1. The Kier molecular flexibility index (Phi) is 3.91. The van der Waals surface area contributed by atoms with E-state index in [0.29, 0.717) is 12.8 Å². The molecule has 1 unspecified atom stereocenters. The van der Waals surface area contributed by atoms with Crippen LogP contribution in [0.2, 0.25) is 0 Å². The van der Waals surface area contributed by atoms with Gasteiger partial charge < -0.3 is 4.74 Å². The third-order valence-electron chi connectivity index (χ3n) is 3.91. The number of piperidine rings is 1. The van der Waals surface area contributed by atoms with E-state index in [1.165, 1.54) is 4.57 Å². The number of benzene rings is 1. The number of amides is 2. The highest BCUT2D eigenvalue weighted by Crippen LogP contribution is 2.28. The zero-order chi connectivity index (χ0) is 17.5. The van der Waals surface area contributed by atoms with Crippen molar-refractivity contribution in [1.29, 1.82) is 0 Å². The van der Waals surface area contributed by atoms with Crippen molar-refractivity contribution in [1.82, 2.24) is 9.88 Å². The van der Waals surface area contributed by atoms with E-state index in [1.54, 1.807) is 12.4 Å². The van der Waals surface area contributed by atoms with E-state index in [2.05, 4.69) is 5.32 Å². The molecular weight excluding hydrogens is 308 g/mol. The van der Waals surface area contributed by atoms with Gasteiger partial charge in [-0.3, -0.25) is 19.5 Å². The molecule has 1 N–H and O–H groups in total. The van der Waals surface area contributed by atoms with Crippen LogP contribution in [-0.4, -0.2) is 28.1 Å². The molecule has 0 aliphatic carbocycles. The number of carbonyl (C=O) groups excluding carboxylic acids is 3. The van der Waals surface area contributed by atoms with Crippen molar-refractivity contribution < 1.29 is 19.1 Å². The number of aromatic nitrogens is 1. The summed E-state index contributed by atoms with van der Waals surface area (Å²) in [4.78, 5) is 35.4. The van der Waals surface area contributed by atoms with Crippen LogP contribution in [0.15, 0.2) is 30.6 Å². The normalized spacial score (nSPS) is 18.5. The maximum Gasteiger partial charge on any atom is 0.418 e. The van der Waals surface area contributed by atoms with Crippen LogP contribution >= 0.6 is 0 Å². The number of rotatable bonds is 1. The number of nitrogens with zero attached hydrogens (tertiary/aromatic N) is 1. The Hall–Kier alpha value is -2.63. The molecular formula is C18H20N2O4. The van der Waals surface area contributed by atoms with Gasteiger partial charge in [0.25, 0.3) is 0 Å². The fraction of sp³-hybridized carbons (Fsp3) is 0.389. The highest BCUT2D eigenvalue weighted by Gasteiger charge is 2.28. The van der Waals surface area contributed by atoms with Crippen molar-refractivity contribution in [2.24, 2.45) is 0 Å². The molecule has 0 radical (unpaired) electrons. The fourth-order valence-electron chi connectivity index (χ4n) is 2.81. The summed E-state index contributed by atoms with van der Waals surface area (Å²) in [5.41, 5.74) is 0.278. The average molecular weight is 328 g/mol. The average Bonchev–Trinajstić information content (AvgIpc) is 2.88. The van der Waals surface area contributed by atoms with Crippen molar-refractivity contribution in [2.75, 3.05) is 0 Å². The van der Waals surface area contributed by atoms with Crippen LogP contribution in [0, 0.1) is 0 Å². The minimum Gasteiger partial charge on any atom is -0.443 e. The van der Waals surface area contributed by atoms with Crippen LogP contribution in [0.4, 0.5) is 4.79 Å². The summed E-state index contributed by atoms with van der Waals surface area (Å²) in [5, 5.41) is 4.10. The van der Waals surface area contributed by atoms with Crippen LogP contribution in [0.1, 0.15) is 45.1 Å². The Bertz CT molecular complexity index is 829. The van der Waals surface area contributed by atoms with E-state index < -0.39 is 11.7 Å². The van der Waals surface area contributed by atoms with Gasteiger partial charge in [0.15, 0.2) is 0 Å². The van der Waals surface area contributed by atoms with Crippen molar-refractivity contribution in [3.05, 3.63) is 36.2 Å². The summed E-state index contributed by atoms with van der Waals surface area (Å²) in [6, 6.07) is 5.62. The zero-order valence-electron chi connectivity index (χ0n) is 14.0. The topological polar surface area (TPSA) is 77.4 Å². The van der Waals surface area contributed by atoms with Crippen LogP contribution < -0.4 is 5.32 Å². The third kappa shape index (κ3) is 3.32. The molecule has 6 heteroatoms. The number of fused-ring (bicyclic) bond motifs is 1. The van der Waals surface area contributed by atoms with E-state index >= 15 is 0 Å². The van der Waals surface area contributed by atoms with E-state index in [9.17, 15) is 14.4 Å². The largest absolute Gasteiger partial charge is 0.443 e. The molecule has 1 aromatic heterocycles. The van der Waals surface area contributed by atoms with Gasteiger partial charge in [0.1, 0.15) is 5.60 Å². The lowest BCUT2D eigenvalue weighted by Gasteiger charge is -2.21. The molecule has 0 bridgehead atoms. The number of ether oxygens (including phenoxy) is 1. The van der Waals surface area contributed by atoms with Gasteiger partial charge in [0, 0.05) is 24.2 Å². The summed E-state index contributed by atoms with van der Waals surface area (Å²) in [6.45, 7) is 5.44. The van der Waals surface area contributed by atoms with Crippen molar-refractivity contribution in [2.45, 2.75) is 45.1 Å². The summed E-state index contributed by atoms with van der Waals surface area (Å²) in [5.74, 6) is -0.831. The molecule has 1 fully saturated rings. The Morgan fingerprint density at radius 2 is 1.92 bits per heavy atom. The molecule has 2 aromatic rings. The molecule has 126 valence electrons. The molecule has 1 saturated heterocycles. The first-order chi connectivity index (χ1) is 11.2. The predicted octanol–water partition coefficient (Wildman–Crippen LogP) is 2.94. The van der Waals surface area contributed by atoms with E-state index in [1.807, 2.05) is 39.0 Å². The molecule has 1 atom stereocenters. The molecule has 24 heavy (non-hydrogen) atoms. The summed E-state index contributed by atoms with van der Waals surface area (Å²) < 4.78 is 6.76. The van der Waals surface area contributed by atoms with Gasteiger partial charge in [-0.15, -0.1) is 0 Å². The Balaban J connectivity index is 1.88. The second-order valence-electron chi connectivity index (χ2n) is 7.04. The summed E-state index contributed by atoms with van der Waals surface area (Å²) in [6.07, 6.45) is 3.80. The van der Waals surface area contributed by atoms with Crippen molar-refractivity contribution >= 4 is 28.7 Å². The summed E-state index contributed by atoms with van der Waals surface area (Å²) >= 11 is 0. The molecule has 1 aliphatic heterocycles. The van der Waals surface area contributed by atoms with Gasteiger partial charge >= 0.3 is 6.09 Å². The molecule has 2 amide bonds. The molecule has 2 heterocycles. The number of imide groups is 1. The van der Waals surface area contributed by atoms with E-state index in [4.69, 9.17) is 4.74 Å². The number of hydrogen-bond acceptors (Lipinski definition) is 4. The molecule has 3 rings (SSSR count). The fourth-order valence-corrected chi connectivity index (χ4v) is 2.81. The zero-order valence-corrected chi connectivity index (χ0v) is 14.0. The van der Waals surface area contributed by atoms with Crippen molar-refractivity contribution in [3.63, 3.8) is 0 Å². The first-order valence-corrected chi connectivity index (χ1v) is 7.92. The van der Waals surface area contributed by atoms with Gasteiger partial charge in [-0.25, -0.2) is 4.79 Å². The highest BCUT2D eigenvalue weighted by molar-refractivity contribution is 6.01. The van der Waals surface area contributed by atoms with Crippen LogP contribution in [0.25, 0.3) is 10.8 Å². The van der Waals surface area contributed by atoms with Crippen LogP contribution in [0.3, 0.4) is 0 Å². The number of nitrogens with one attached hydrogen (secondary N) is 1. The molecule has 0 spiro atoms. The molecule has 6 nitrogen and oxygen atoms in total. The van der Waals surface area contributed by atoms with Gasteiger partial charge in [0.2, 0.25) is 11.8 Å². The maximum atomic E-state index is 12.1. The highest BCUT2D eigenvalue weighted by atomic mass is 16.6. The first-order valence-electron chi connectivity index (χ1n) is 7.92. The Labute approximate surface area is 139 Å². The predicted molar refractivity (Wildman–Crippen MR) is 88.7 cm³/mol. The van der Waals surface area contributed by atoms with Gasteiger partial charge in [-0.05, 0) is 44.2 Å². The standard InChI is InChI=1S/C18H20N2O4/c1-18(2,3)24-17(23)20-9-12-5-4-11(8-13(12)10-20)14-6-7-15(21)19-16(14)22/h4-5,8-10,14H,6-7H2,1-3H3,(H,19,21,22). The van der Waals surface area contributed by atoms with Crippen LogP contribution in [-0.2, 0) is 14.3 Å².